The molecule has 0 unspecified atom stereocenters. The number of halogens is 1. The van der Waals surface area contributed by atoms with E-state index in [2.05, 4.69) is 17.3 Å². The molecule has 2 nitrogen and oxygen atoms in total. The molecule has 0 saturated carbocycles. The smallest absolute Gasteiger partial charge is 0.229 e. The second-order valence-electron chi connectivity index (χ2n) is 3.11. The molecule has 1 aromatic carbocycles. The molecule has 0 radical (unpaired) electrons. The van der Waals surface area contributed by atoms with Gasteiger partial charge in [-0.2, -0.15) is 0 Å². The van der Waals surface area contributed by atoms with Gasteiger partial charge in [-0.15, -0.1) is 0 Å². The zero-order valence-electron chi connectivity index (χ0n) is 7.61. The molecule has 1 aromatic heterocycles. The maximum absolute atomic E-state index is 5.78. The predicted molar refractivity (Wildman–Crippen MR) is 55.4 cm³/mol. The van der Waals surface area contributed by atoms with Gasteiger partial charge in [0.25, 0.3) is 0 Å². The molecule has 0 fully saturated rings. The van der Waals surface area contributed by atoms with E-state index < -0.39 is 0 Å². The van der Waals surface area contributed by atoms with Crippen LogP contribution >= 0.6 is 11.6 Å². The number of rotatable bonds is 3. The average Bonchev–Trinajstić information content (AvgIpc) is 2.63. The fourth-order valence-corrected chi connectivity index (χ4v) is 1.52. The van der Waals surface area contributed by atoms with Gasteiger partial charge >= 0.3 is 0 Å². The van der Waals surface area contributed by atoms with Crippen LogP contribution in [0.2, 0.25) is 5.22 Å². The van der Waals surface area contributed by atoms with Crippen molar-refractivity contribution < 1.29 is 4.52 Å². The molecule has 2 aromatic rings. The molecule has 0 atom stereocenters. The molecule has 0 bridgehead atoms. The van der Waals surface area contributed by atoms with Crippen LogP contribution < -0.4 is 0 Å². The van der Waals surface area contributed by atoms with Crippen LogP contribution in [-0.2, 0) is 12.8 Å². The van der Waals surface area contributed by atoms with Gasteiger partial charge in [-0.25, -0.2) is 0 Å². The highest BCUT2D eigenvalue weighted by Crippen LogP contribution is 2.16. The first-order chi connectivity index (χ1) is 6.86. The maximum Gasteiger partial charge on any atom is 0.229 e. The van der Waals surface area contributed by atoms with Crippen LogP contribution in [-0.4, -0.2) is 5.16 Å². The molecule has 3 heteroatoms. The summed E-state index contributed by atoms with van der Waals surface area (Å²) in [6.07, 6.45) is 3.50. The molecule has 14 heavy (non-hydrogen) atoms. The van der Waals surface area contributed by atoms with Gasteiger partial charge in [-0.05, 0) is 30.0 Å². The minimum absolute atomic E-state index is 0.404. The van der Waals surface area contributed by atoms with E-state index in [-0.39, 0.29) is 0 Å². The Morgan fingerprint density at radius 3 is 2.57 bits per heavy atom. The number of hydrogen-bond acceptors (Lipinski definition) is 2. The van der Waals surface area contributed by atoms with Gasteiger partial charge in [0.05, 0.1) is 6.20 Å². The Morgan fingerprint density at radius 1 is 1.14 bits per heavy atom. The van der Waals surface area contributed by atoms with Gasteiger partial charge in [-0.1, -0.05) is 35.5 Å². The number of aryl methyl sites for hydroxylation is 2. The van der Waals surface area contributed by atoms with E-state index in [9.17, 15) is 0 Å². The summed E-state index contributed by atoms with van der Waals surface area (Å²) in [5, 5.41) is 4.03. The highest BCUT2D eigenvalue weighted by Gasteiger charge is 2.04. The van der Waals surface area contributed by atoms with Crippen LogP contribution in [0.1, 0.15) is 11.1 Å². The first-order valence-corrected chi connectivity index (χ1v) is 4.87. The lowest BCUT2D eigenvalue weighted by atomic mass is 10.1. The third-order valence-electron chi connectivity index (χ3n) is 2.12. The number of nitrogens with zero attached hydrogens (tertiary/aromatic N) is 1. The topological polar surface area (TPSA) is 26.0 Å². The van der Waals surface area contributed by atoms with E-state index >= 15 is 0 Å². The van der Waals surface area contributed by atoms with Crippen molar-refractivity contribution in [2.45, 2.75) is 12.8 Å². The summed E-state index contributed by atoms with van der Waals surface area (Å²) in [5.74, 6) is 0. The molecule has 0 amide bonds. The first-order valence-electron chi connectivity index (χ1n) is 4.49. The Kier molecular flexibility index (Phi) is 2.84. The minimum atomic E-state index is 0.404. The van der Waals surface area contributed by atoms with E-state index in [4.69, 9.17) is 16.1 Å². The fourth-order valence-electron chi connectivity index (χ4n) is 1.33. The fraction of sp³-hybridized carbons (Fsp3) is 0.182. The van der Waals surface area contributed by atoms with Crippen molar-refractivity contribution in [2.24, 2.45) is 0 Å². The second-order valence-corrected chi connectivity index (χ2v) is 3.45. The van der Waals surface area contributed by atoms with Crippen molar-refractivity contribution in [1.29, 1.82) is 0 Å². The molecule has 0 spiro atoms. The van der Waals surface area contributed by atoms with Crippen molar-refractivity contribution in [3.05, 3.63) is 52.9 Å². The van der Waals surface area contributed by atoms with Gasteiger partial charge in [0.2, 0.25) is 5.22 Å². The molecular formula is C11H10ClNO. The molecule has 0 aliphatic carbocycles. The standard InChI is InChI=1S/C11H10ClNO/c12-11-10(8-13-14-11)7-6-9-4-2-1-3-5-9/h1-5,8H,6-7H2. The van der Waals surface area contributed by atoms with Crippen molar-refractivity contribution >= 4 is 11.6 Å². The van der Waals surface area contributed by atoms with Crippen LogP contribution in [0.15, 0.2) is 41.1 Å². The highest BCUT2D eigenvalue weighted by atomic mass is 35.5. The lowest BCUT2D eigenvalue weighted by molar-refractivity contribution is 0.420. The Labute approximate surface area is 87.5 Å². The molecule has 2 rings (SSSR count). The SMILES string of the molecule is Clc1oncc1CCc1ccccc1. The van der Waals surface area contributed by atoms with Crippen molar-refractivity contribution in [1.82, 2.24) is 5.16 Å². The molecule has 72 valence electrons. The monoisotopic (exact) mass is 207 g/mol. The summed E-state index contributed by atoms with van der Waals surface area (Å²) < 4.78 is 4.77. The van der Waals surface area contributed by atoms with Crippen molar-refractivity contribution in [3.8, 4) is 0 Å². The summed E-state index contributed by atoms with van der Waals surface area (Å²) >= 11 is 5.78. The Bertz CT molecular complexity index is 397. The lowest BCUT2D eigenvalue weighted by Crippen LogP contribution is -1.89. The van der Waals surface area contributed by atoms with Crippen LogP contribution in [0.3, 0.4) is 0 Å². The van der Waals surface area contributed by atoms with E-state index in [0.29, 0.717) is 5.22 Å². The Hall–Kier alpha value is -1.28. The second kappa shape index (κ2) is 4.29. The Morgan fingerprint density at radius 2 is 1.93 bits per heavy atom. The summed E-state index contributed by atoms with van der Waals surface area (Å²) in [6, 6.07) is 10.3. The first kappa shape index (κ1) is 9.28. The average molecular weight is 208 g/mol. The van der Waals surface area contributed by atoms with E-state index in [1.54, 1.807) is 6.20 Å². The number of benzene rings is 1. The molecule has 0 saturated heterocycles. The van der Waals surface area contributed by atoms with Gasteiger partial charge in [0.15, 0.2) is 0 Å². The summed E-state index contributed by atoms with van der Waals surface area (Å²) in [5.41, 5.74) is 2.26. The summed E-state index contributed by atoms with van der Waals surface area (Å²) in [6.45, 7) is 0. The Balaban J connectivity index is 1.99. The van der Waals surface area contributed by atoms with Gasteiger partial charge < -0.3 is 4.52 Å². The predicted octanol–water partition coefficient (Wildman–Crippen LogP) is 3.11. The zero-order valence-corrected chi connectivity index (χ0v) is 8.37. The molecule has 1 heterocycles. The molecule has 0 aliphatic rings. The zero-order chi connectivity index (χ0) is 9.80. The van der Waals surface area contributed by atoms with E-state index in [0.717, 1.165) is 18.4 Å². The lowest BCUT2D eigenvalue weighted by Gasteiger charge is -1.98. The number of hydrogen-bond donors (Lipinski definition) is 0. The largest absolute Gasteiger partial charge is 0.344 e. The molecule has 0 N–H and O–H groups in total. The summed E-state index contributed by atoms with van der Waals surface area (Å²) in [4.78, 5) is 0. The third-order valence-corrected chi connectivity index (χ3v) is 2.43. The van der Waals surface area contributed by atoms with Crippen LogP contribution in [0.4, 0.5) is 0 Å². The maximum atomic E-state index is 5.78. The van der Waals surface area contributed by atoms with Gasteiger partial charge in [-0.3, -0.25) is 0 Å². The van der Waals surface area contributed by atoms with Gasteiger partial charge in [0, 0.05) is 5.56 Å². The highest BCUT2D eigenvalue weighted by molar-refractivity contribution is 6.29. The minimum Gasteiger partial charge on any atom is -0.344 e. The normalized spacial score (nSPS) is 10.4. The van der Waals surface area contributed by atoms with Crippen molar-refractivity contribution in [3.63, 3.8) is 0 Å². The van der Waals surface area contributed by atoms with Gasteiger partial charge in [0.1, 0.15) is 0 Å². The van der Waals surface area contributed by atoms with Crippen LogP contribution in [0.5, 0.6) is 0 Å². The molecular weight excluding hydrogens is 198 g/mol. The third kappa shape index (κ3) is 2.15. The van der Waals surface area contributed by atoms with E-state index in [1.165, 1.54) is 5.56 Å². The molecule has 0 aliphatic heterocycles. The van der Waals surface area contributed by atoms with E-state index in [1.807, 2.05) is 18.2 Å². The number of aromatic nitrogens is 1. The van der Waals surface area contributed by atoms with Crippen LogP contribution in [0.25, 0.3) is 0 Å². The van der Waals surface area contributed by atoms with Crippen LogP contribution in [0, 0.1) is 0 Å². The van der Waals surface area contributed by atoms with Crippen molar-refractivity contribution in [2.75, 3.05) is 0 Å². The quantitative estimate of drug-likeness (QED) is 0.773. The summed E-state index contributed by atoms with van der Waals surface area (Å²) in [7, 11) is 0.